The molecule has 2 aromatic carbocycles. The molecule has 5 heteroatoms. The number of carbonyl (C=O) groups excluding carboxylic acids is 1. The molecule has 0 fully saturated rings. The Labute approximate surface area is 138 Å². The quantitative estimate of drug-likeness (QED) is 0.801. The lowest BCUT2D eigenvalue weighted by atomic mass is 10.1. The van der Waals surface area contributed by atoms with Gasteiger partial charge in [0.05, 0.1) is 5.69 Å². The van der Waals surface area contributed by atoms with Crippen molar-refractivity contribution in [1.29, 1.82) is 0 Å². The number of rotatable bonds is 3. The predicted molar refractivity (Wildman–Crippen MR) is 91.7 cm³/mol. The third kappa shape index (κ3) is 3.41. The van der Waals surface area contributed by atoms with E-state index in [4.69, 9.17) is 0 Å². The smallest absolute Gasteiger partial charge is 0.255 e. The van der Waals surface area contributed by atoms with Crippen LogP contribution >= 0.6 is 0 Å². The van der Waals surface area contributed by atoms with Crippen LogP contribution in [0, 0.1) is 5.82 Å². The summed E-state index contributed by atoms with van der Waals surface area (Å²) in [5, 5.41) is 2.68. The Morgan fingerprint density at radius 2 is 1.79 bits per heavy atom. The number of nitrogens with zero attached hydrogens (tertiary/aromatic N) is 1. The lowest BCUT2D eigenvalue weighted by molar-refractivity contribution is -0.114. The molecule has 0 spiro atoms. The van der Waals surface area contributed by atoms with Crippen LogP contribution in [0.3, 0.4) is 0 Å². The van der Waals surface area contributed by atoms with Crippen molar-refractivity contribution in [2.24, 2.45) is 0 Å². The Balaban J connectivity index is 2.07. The molecule has 3 rings (SSSR count). The van der Waals surface area contributed by atoms with E-state index in [1.807, 2.05) is 0 Å². The fourth-order valence-corrected chi connectivity index (χ4v) is 2.46. The molecule has 0 bridgehead atoms. The van der Waals surface area contributed by atoms with E-state index in [9.17, 15) is 14.0 Å². The van der Waals surface area contributed by atoms with E-state index >= 15 is 0 Å². The molecule has 0 aliphatic heterocycles. The maximum absolute atomic E-state index is 13.4. The zero-order chi connectivity index (χ0) is 17.1. The summed E-state index contributed by atoms with van der Waals surface area (Å²) < 4.78 is 14.9. The van der Waals surface area contributed by atoms with Crippen LogP contribution in [0.15, 0.2) is 71.7 Å². The van der Waals surface area contributed by atoms with E-state index < -0.39 is 0 Å². The van der Waals surface area contributed by atoms with Crippen molar-refractivity contribution >= 4 is 11.6 Å². The number of amides is 1. The van der Waals surface area contributed by atoms with Gasteiger partial charge in [0.25, 0.3) is 5.56 Å². The number of aromatic nitrogens is 1. The monoisotopic (exact) mass is 322 g/mol. The predicted octanol–water partition coefficient (Wildman–Crippen LogP) is 3.60. The number of nitrogens with one attached hydrogen (secondary N) is 1. The summed E-state index contributed by atoms with van der Waals surface area (Å²) in [5.41, 5.74) is 2.41. The van der Waals surface area contributed by atoms with E-state index in [1.165, 1.54) is 29.7 Å². The maximum atomic E-state index is 13.4. The van der Waals surface area contributed by atoms with Gasteiger partial charge in [-0.05, 0) is 47.5 Å². The lowest BCUT2D eigenvalue weighted by Crippen LogP contribution is -2.16. The molecule has 1 N–H and O–H groups in total. The molecule has 0 unspecified atom stereocenters. The Morgan fingerprint density at radius 3 is 2.54 bits per heavy atom. The topological polar surface area (TPSA) is 51.1 Å². The van der Waals surface area contributed by atoms with Gasteiger partial charge in [0.2, 0.25) is 5.91 Å². The van der Waals surface area contributed by atoms with Crippen LogP contribution in [0.1, 0.15) is 6.92 Å². The summed E-state index contributed by atoms with van der Waals surface area (Å²) in [4.78, 5) is 23.4. The van der Waals surface area contributed by atoms with Gasteiger partial charge < -0.3 is 5.32 Å². The van der Waals surface area contributed by atoms with Gasteiger partial charge in [0, 0.05) is 24.9 Å². The summed E-state index contributed by atoms with van der Waals surface area (Å²) in [6, 6.07) is 16.2. The minimum absolute atomic E-state index is 0.187. The van der Waals surface area contributed by atoms with E-state index in [0.29, 0.717) is 16.9 Å². The average molecular weight is 322 g/mol. The second-order valence-electron chi connectivity index (χ2n) is 5.37. The standard InChI is InChI=1S/C19H15FN2O2/c1-13(23)21-17-6-3-7-18(11-17)22-12-15(8-9-19(22)24)14-4-2-5-16(20)10-14/h2-12H,1H3,(H,21,23). The first-order chi connectivity index (χ1) is 11.5. The van der Waals surface area contributed by atoms with Crippen molar-refractivity contribution in [1.82, 2.24) is 4.57 Å². The first kappa shape index (κ1) is 15.7. The summed E-state index contributed by atoms with van der Waals surface area (Å²) in [6.45, 7) is 1.42. The van der Waals surface area contributed by atoms with Crippen LogP contribution in [0.2, 0.25) is 0 Å². The van der Waals surface area contributed by atoms with Crippen molar-refractivity contribution in [3.8, 4) is 16.8 Å². The van der Waals surface area contributed by atoms with E-state index in [-0.39, 0.29) is 17.3 Å². The van der Waals surface area contributed by atoms with Gasteiger partial charge in [-0.2, -0.15) is 0 Å². The van der Waals surface area contributed by atoms with Crippen molar-refractivity contribution in [2.45, 2.75) is 6.92 Å². The number of benzene rings is 2. The van der Waals surface area contributed by atoms with Gasteiger partial charge in [-0.3, -0.25) is 14.2 Å². The largest absolute Gasteiger partial charge is 0.326 e. The molecular weight excluding hydrogens is 307 g/mol. The molecule has 1 amide bonds. The van der Waals surface area contributed by atoms with E-state index in [2.05, 4.69) is 5.32 Å². The zero-order valence-electron chi connectivity index (χ0n) is 13.0. The molecule has 120 valence electrons. The molecule has 0 saturated carbocycles. The van der Waals surface area contributed by atoms with Gasteiger partial charge in [0.1, 0.15) is 5.82 Å². The summed E-state index contributed by atoms with van der Waals surface area (Å²) >= 11 is 0. The molecular formula is C19H15FN2O2. The fraction of sp³-hybridized carbons (Fsp3) is 0.0526. The van der Waals surface area contributed by atoms with Gasteiger partial charge in [-0.15, -0.1) is 0 Å². The van der Waals surface area contributed by atoms with Crippen LogP contribution in [0.25, 0.3) is 16.8 Å². The molecule has 0 saturated heterocycles. The third-order valence-electron chi connectivity index (χ3n) is 3.51. The van der Waals surface area contributed by atoms with Gasteiger partial charge in [-0.1, -0.05) is 18.2 Å². The Kier molecular flexibility index (Phi) is 4.24. The molecule has 1 aromatic heterocycles. The highest BCUT2D eigenvalue weighted by molar-refractivity contribution is 5.88. The third-order valence-corrected chi connectivity index (χ3v) is 3.51. The van der Waals surface area contributed by atoms with Crippen molar-refractivity contribution in [3.05, 3.63) is 83.0 Å². The number of anilines is 1. The summed E-state index contributed by atoms with van der Waals surface area (Å²) in [6.07, 6.45) is 1.66. The van der Waals surface area contributed by atoms with E-state index in [0.717, 1.165) is 5.56 Å². The SMILES string of the molecule is CC(=O)Nc1cccc(-n2cc(-c3cccc(F)c3)ccc2=O)c1. The van der Waals surface area contributed by atoms with Gasteiger partial charge >= 0.3 is 0 Å². The summed E-state index contributed by atoms with van der Waals surface area (Å²) in [5.74, 6) is -0.522. The molecule has 24 heavy (non-hydrogen) atoms. The van der Waals surface area contributed by atoms with Gasteiger partial charge in [0.15, 0.2) is 0 Å². The number of hydrogen-bond acceptors (Lipinski definition) is 2. The zero-order valence-corrected chi connectivity index (χ0v) is 13.0. The lowest BCUT2D eigenvalue weighted by Gasteiger charge is -2.10. The molecule has 4 nitrogen and oxygen atoms in total. The Morgan fingerprint density at radius 1 is 1.00 bits per heavy atom. The van der Waals surface area contributed by atoms with Crippen LogP contribution in [0.4, 0.5) is 10.1 Å². The van der Waals surface area contributed by atoms with Crippen molar-refractivity contribution in [2.75, 3.05) is 5.32 Å². The number of carbonyl (C=O) groups is 1. The maximum Gasteiger partial charge on any atom is 0.255 e. The molecule has 0 aliphatic carbocycles. The molecule has 0 radical (unpaired) electrons. The Bertz CT molecular complexity index is 963. The molecule has 0 atom stereocenters. The molecule has 1 heterocycles. The highest BCUT2D eigenvalue weighted by Crippen LogP contribution is 2.21. The second kappa shape index (κ2) is 6.50. The molecule has 3 aromatic rings. The first-order valence-electron chi connectivity index (χ1n) is 7.39. The number of pyridine rings is 1. The summed E-state index contributed by atoms with van der Waals surface area (Å²) in [7, 11) is 0. The fourth-order valence-electron chi connectivity index (χ4n) is 2.46. The second-order valence-corrected chi connectivity index (χ2v) is 5.37. The minimum atomic E-state index is -0.335. The van der Waals surface area contributed by atoms with Crippen molar-refractivity contribution < 1.29 is 9.18 Å². The van der Waals surface area contributed by atoms with E-state index in [1.54, 1.807) is 48.7 Å². The highest BCUT2D eigenvalue weighted by Gasteiger charge is 2.06. The van der Waals surface area contributed by atoms with Crippen LogP contribution in [0.5, 0.6) is 0 Å². The minimum Gasteiger partial charge on any atom is -0.326 e. The highest BCUT2D eigenvalue weighted by atomic mass is 19.1. The normalized spacial score (nSPS) is 10.4. The molecule has 0 aliphatic rings. The average Bonchev–Trinajstić information content (AvgIpc) is 2.55. The van der Waals surface area contributed by atoms with Crippen molar-refractivity contribution in [3.63, 3.8) is 0 Å². The number of hydrogen-bond donors (Lipinski definition) is 1. The van der Waals surface area contributed by atoms with Crippen LogP contribution < -0.4 is 10.9 Å². The first-order valence-corrected chi connectivity index (χ1v) is 7.39. The van der Waals surface area contributed by atoms with Crippen LogP contribution in [-0.4, -0.2) is 10.5 Å². The van der Waals surface area contributed by atoms with Crippen LogP contribution in [-0.2, 0) is 4.79 Å². The Hall–Kier alpha value is -3.21. The van der Waals surface area contributed by atoms with Gasteiger partial charge in [-0.25, -0.2) is 4.39 Å². The number of halogens is 1.